The molecule has 2 N–H and O–H groups in total. The Morgan fingerprint density at radius 3 is 2.50 bits per heavy atom. The number of hydrogen-bond acceptors (Lipinski definition) is 3. The van der Waals surface area contributed by atoms with Gasteiger partial charge in [-0.1, -0.05) is 12.1 Å². The molecule has 0 aliphatic carbocycles. The van der Waals surface area contributed by atoms with Crippen LogP contribution in [0.25, 0.3) is 0 Å². The molecule has 0 fully saturated rings. The van der Waals surface area contributed by atoms with Gasteiger partial charge in [-0.15, -0.1) is 12.4 Å². The molecule has 1 atom stereocenters. The molecule has 0 aromatic heterocycles. The molecule has 1 rings (SSSR count). The normalized spacial score (nSPS) is 11.3. The monoisotopic (exact) mass is 300 g/mol. The van der Waals surface area contributed by atoms with Gasteiger partial charge in [0.05, 0.1) is 6.61 Å². The van der Waals surface area contributed by atoms with Crippen LogP contribution < -0.4 is 15.4 Å². The summed E-state index contributed by atoms with van der Waals surface area (Å²) in [6.07, 6.45) is 1.27. The summed E-state index contributed by atoms with van der Waals surface area (Å²) in [7, 11) is 1.89. The van der Waals surface area contributed by atoms with E-state index in [9.17, 15) is 4.79 Å². The van der Waals surface area contributed by atoms with Crippen LogP contribution in [-0.2, 0) is 11.2 Å². The fourth-order valence-corrected chi connectivity index (χ4v) is 1.63. The number of benzene rings is 1. The highest BCUT2D eigenvalue weighted by Crippen LogP contribution is 2.13. The summed E-state index contributed by atoms with van der Waals surface area (Å²) in [5, 5.41) is 5.99. The average Bonchev–Trinajstić information content (AvgIpc) is 2.44. The molecule has 0 spiro atoms. The van der Waals surface area contributed by atoms with E-state index in [0.717, 1.165) is 17.7 Å². The van der Waals surface area contributed by atoms with Gasteiger partial charge < -0.3 is 15.4 Å². The minimum absolute atomic E-state index is 0. The van der Waals surface area contributed by atoms with Crippen molar-refractivity contribution < 1.29 is 9.53 Å². The molecule has 1 unspecified atom stereocenters. The van der Waals surface area contributed by atoms with Gasteiger partial charge >= 0.3 is 0 Å². The molecule has 20 heavy (non-hydrogen) atoms. The Morgan fingerprint density at radius 2 is 1.95 bits per heavy atom. The Hall–Kier alpha value is -1.26. The molecule has 0 aliphatic heterocycles. The third-order valence-corrected chi connectivity index (χ3v) is 2.97. The molecular weight excluding hydrogens is 276 g/mol. The molecule has 114 valence electrons. The molecule has 0 bridgehead atoms. The van der Waals surface area contributed by atoms with Gasteiger partial charge in [0, 0.05) is 19.0 Å². The van der Waals surface area contributed by atoms with Crippen LogP contribution in [0.1, 0.15) is 25.8 Å². The lowest BCUT2D eigenvalue weighted by Gasteiger charge is -2.11. The number of carbonyl (C=O) groups is 1. The van der Waals surface area contributed by atoms with Crippen LogP contribution in [0.4, 0.5) is 0 Å². The molecule has 1 amide bonds. The lowest BCUT2D eigenvalue weighted by molar-refractivity contribution is -0.121. The minimum atomic E-state index is 0. The van der Waals surface area contributed by atoms with E-state index < -0.39 is 0 Å². The summed E-state index contributed by atoms with van der Waals surface area (Å²) in [4.78, 5) is 11.6. The van der Waals surface area contributed by atoms with E-state index in [1.165, 1.54) is 0 Å². The molecule has 0 aliphatic rings. The van der Waals surface area contributed by atoms with E-state index in [2.05, 4.69) is 10.6 Å². The zero-order valence-electron chi connectivity index (χ0n) is 12.4. The van der Waals surface area contributed by atoms with Crippen molar-refractivity contribution in [1.29, 1.82) is 0 Å². The third kappa shape index (κ3) is 7.36. The second kappa shape index (κ2) is 10.5. The first-order valence-electron chi connectivity index (χ1n) is 6.81. The Kier molecular flexibility index (Phi) is 9.86. The zero-order valence-corrected chi connectivity index (χ0v) is 13.3. The summed E-state index contributed by atoms with van der Waals surface area (Å²) < 4.78 is 5.38. The summed E-state index contributed by atoms with van der Waals surface area (Å²) in [6, 6.07) is 8.21. The van der Waals surface area contributed by atoms with E-state index >= 15 is 0 Å². The van der Waals surface area contributed by atoms with E-state index in [4.69, 9.17) is 4.74 Å². The molecule has 0 saturated carbocycles. The van der Waals surface area contributed by atoms with Crippen LogP contribution in [-0.4, -0.2) is 32.1 Å². The predicted octanol–water partition coefficient (Wildman–Crippen LogP) is 2.16. The highest BCUT2D eigenvalue weighted by atomic mass is 35.5. The maximum atomic E-state index is 11.6. The van der Waals surface area contributed by atoms with Gasteiger partial charge in [-0.25, -0.2) is 0 Å². The SMILES string of the molecule is CCOc1ccc(CCC(=O)NCC(C)NC)cc1.Cl. The maximum absolute atomic E-state index is 11.6. The van der Waals surface area contributed by atoms with E-state index in [1.807, 2.05) is 45.2 Å². The first kappa shape index (κ1) is 18.7. The lowest BCUT2D eigenvalue weighted by atomic mass is 10.1. The number of likely N-dealkylation sites (N-methyl/N-ethyl adjacent to an activating group) is 1. The molecule has 0 saturated heterocycles. The van der Waals surface area contributed by atoms with Crippen molar-refractivity contribution >= 4 is 18.3 Å². The topological polar surface area (TPSA) is 50.4 Å². The lowest BCUT2D eigenvalue weighted by Crippen LogP contribution is -2.37. The average molecular weight is 301 g/mol. The maximum Gasteiger partial charge on any atom is 0.220 e. The van der Waals surface area contributed by atoms with Crippen LogP contribution in [0.15, 0.2) is 24.3 Å². The van der Waals surface area contributed by atoms with E-state index in [-0.39, 0.29) is 18.3 Å². The van der Waals surface area contributed by atoms with E-state index in [1.54, 1.807) is 0 Å². The van der Waals surface area contributed by atoms with Gasteiger partial charge in [-0.05, 0) is 45.0 Å². The third-order valence-electron chi connectivity index (χ3n) is 2.97. The first-order valence-corrected chi connectivity index (χ1v) is 6.81. The van der Waals surface area contributed by atoms with Crippen molar-refractivity contribution in [1.82, 2.24) is 10.6 Å². The smallest absolute Gasteiger partial charge is 0.220 e. The fourth-order valence-electron chi connectivity index (χ4n) is 1.63. The summed E-state index contributed by atoms with van der Waals surface area (Å²) in [5.41, 5.74) is 1.15. The Morgan fingerprint density at radius 1 is 1.30 bits per heavy atom. The fraction of sp³-hybridized carbons (Fsp3) is 0.533. The van der Waals surface area contributed by atoms with Gasteiger partial charge in [0.1, 0.15) is 5.75 Å². The number of hydrogen-bond donors (Lipinski definition) is 2. The molecule has 0 radical (unpaired) electrons. The van der Waals surface area contributed by atoms with Crippen LogP contribution in [0.2, 0.25) is 0 Å². The number of ether oxygens (including phenoxy) is 1. The van der Waals surface area contributed by atoms with Gasteiger partial charge in [0.2, 0.25) is 5.91 Å². The van der Waals surface area contributed by atoms with Gasteiger partial charge in [0.15, 0.2) is 0 Å². The van der Waals surface area contributed by atoms with Crippen molar-refractivity contribution in [3.05, 3.63) is 29.8 Å². The number of amides is 1. The molecule has 0 heterocycles. The largest absolute Gasteiger partial charge is 0.494 e. The second-order valence-electron chi connectivity index (χ2n) is 4.57. The van der Waals surface area contributed by atoms with Crippen LogP contribution in [0.5, 0.6) is 5.75 Å². The molecule has 4 nitrogen and oxygen atoms in total. The molecule has 5 heteroatoms. The highest BCUT2D eigenvalue weighted by molar-refractivity contribution is 5.85. The Bertz CT molecular complexity index is 382. The number of carbonyl (C=O) groups excluding carboxylic acids is 1. The predicted molar refractivity (Wildman–Crippen MR) is 84.7 cm³/mol. The number of rotatable bonds is 8. The van der Waals surface area contributed by atoms with Crippen molar-refractivity contribution in [3.8, 4) is 5.75 Å². The summed E-state index contributed by atoms with van der Waals surface area (Å²) in [6.45, 7) is 5.33. The van der Waals surface area contributed by atoms with Gasteiger partial charge in [-0.2, -0.15) is 0 Å². The Balaban J connectivity index is 0.00000361. The number of nitrogens with one attached hydrogen (secondary N) is 2. The van der Waals surface area contributed by atoms with Crippen molar-refractivity contribution in [2.24, 2.45) is 0 Å². The molecular formula is C15H25ClN2O2. The molecule has 1 aromatic carbocycles. The van der Waals surface area contributed by atoms with Crippen molar-refractivity contribution in [2.75, 3.05) is 20.2 Å². The number of halogens is 1. The van der Waals surface area contributed by atoms with Crippen LogP contribution in [0.3, 0.4) is 0 Å². The summed E-state index contributed by atoms with van der Waals surface area (Å²) in [5.74, 6) is 0.967. The zero-order chi connectivity index (χ0) is 14.1. The van der Waals surface area contributed by atoms with Crippen molar-refractivity contribution in [2.45, 2.75) is 32.7 Å². The summed E-state index contributed by atoms with van der Waals surface area (Å²) >= 11 is 0. The van der Waals surface area contributed by atoms with E-state index in [0.29, 0.717) is 25.6 Å². The van der Waals surface area contributed by atoms with Crippen LogP contribution >= 0.6 is 12.4 Å². The van der Waals surface area contributed by atoms with Gasteiger partial charge in [-0.3, -0.25) is 4.79 Å². The standard InChI is InChI=1S/C15H24N2O2.ClH/c1-4-19-14-8-5-13(6-9-14)7-10-15(18)17-11-12(2)16-3;/h5-6,8-9,12,16H,4,7,10-11H2,1-3H3,(H,17,18);1H. The quantitative estimate of drug-likeness (QED) is 0.773. The number of aryl methyl sites for hydroxylation is 1. The second-order valence-corrected chi connectivity index (χ2v) is 4.57. The highest BCUT2D eigenvalue weighted by Gasteiger charge is 2.04. The Labute approximate surface area is 127 Å². The van der Waals surface area contributed by atoms with Crippen LogP contribution in [0, 0.1) is 0 Å². The molecule has 1 aromatic rings. The minimum Gasteiger partial charge on any atom is -0.494 e. The first-order chi connectivity index (χ1) is 9.15. The van der Waals surface area contributed by atoms with Crippen molar-refractivity contribution in [3.63, 3.8) is 0 Å². The van der Waals surface area contributed by atoms with Gasteiger partial charge in [0.25, 0.3) is 0 Å².